The fourth-order valence-electron chi connectivity index (χ4n) is 4.77. The zero-order valence-corrected chi connectivity index (χ0v) is 24.1. The van der Waals surface area contributed by atoms with Crippen LogP contribution in [0.5, 0.6) is 0 Å². The predicted octanol–water partition coefficient (Wildman–Crippen LogP) is 3.07. The Morgan fingerprint density at radius 1 is 0.947 bits per heavy atom. The van der Waals surface area contributed by atoms with Gasteiger partial charge in [0.15, 0.2) is 0 Å². The van der Waals surface area contributed by atoms with Crippen LogP contribution in [-0.2, 0) is 20.7 Å². The highest BCUT2D eigenvalue weighted by Crippen LogP contribution is 2.18. The number of imidazole rings is 1. The molecular formula is C28H48N4O6. The molecule has 10 heteroatoms. The van der Waals surface area contributed by atoms with Crippen molar-refractivity contribution < 1.29 is 34.3 Å². The van der Waals surface area contributed by atoms with E-state index in [0.29, 0.717) is 0 Å². The van der Waals surface area contributed by atoms with Gasteiger partial charge in [-0.2, -0.15) is 0 Å². The Kier molecular flexibility index (Phi) is 12.1. The maximum Gasteiger partial charge on any atom is 0.419 e. The van der Waals surface area contributed by atoms with Gasteiger partial charge >= 0.3 is 12.2 Å². The largest absolute Gasteiger partial charge is 0.548 e. The van der Waals surface area contributed by atoms with Crippen LogP contribution in [0.1, 0.15) is 111 Å². The molecule has 38 heavy (non-hydrogen) atoms. The second-order valence-electron chi connectivity index (χ2n) is 12.5. The molecule has 1 aromatic heterocycles. The van der Waals surface area contributed by atoms with E-state index in [2.05, 4.69) is 15.6 Å². The fourth-order valence-corrected chi connectivity index (χ4v) is 4.77. The number of hydrogen-bond donors (Lipinski definition) is 2. The third kappa shape index (κ3) is 12.8. The molecular weight excluding hydrogens is 488 g/mol. The van der Waals surface area contributed by atoms with Gasteiger partial charge in [-0.15, -0.1) is 0 Å². The van der Waals surface area contributed by atoms with Crippen molar-refractivity contribution in [2.75, 3.05) is 0 Å². The van der Waals surface area contributed by atoms with Crippen LogP contribution < -0.4 is 15.7 Å². The Bertz CT molecular complexity index is 874. The number of quaternary nitrogens is 1. The topological polar surface area (TPSA) is 139 Å². The first-order chi connectivity index (χ1) is 17.7. The second kappa shape index (κ2) is 14.5. The number of carbonyl (C=O) groups is 3. The number of carbonyl (C=O) groups excluding carboxylic acids is 3. The smallest absolute Gasteiger partial charge is 0.419 e. The third-order valence-corrected chi connectivity index (χ3v) is 6.47. The monoisotopic (exact) mass is 536 g/mol. The molecule has 0 aromatic carbocycles. The lowest BCUT2D eigenvalue weighted by Gasteiger charge is -2.27. The molecule has 0 aliphatic heterocycles. The molecule has 2 aliphatic carbocycles. The van der Waals surface area contributed by atoms with Crippen LogP contribution in [0.15, 0.2) is 12.5 Å². The van der Waals surface area contributed by atoms with Crippen molar-refractivity contribution in [3.8, 4) is 0 Å². The summed E-state index contributed by atoms with van der Waals surface area (Å²) in [7, 11) is 0. The van der Waals surface area contributed by atoms with E-state index in [1.165, 1.54) is 76.7 Å². The normalized spacial score (nSPS) is 18.1. The zero-order chi connectivity index (χ0) is 28.3. The van der Waals surface area contributed by atoms with Crippen LogP contribution >= 0.6 is 0 Å². The Hall–Kier alpha value is -2.62. The number of carboxylic acids is 1. The molecule has 0 bridgehead atoms. The summed E-state index contributed by atoms with van der Waals surface area (Å²) in [6.07, 6.45) is 15.8. The molecule has 3 N–H and O–H groups in total. The van der Waals surface area contributed by atoms with Gasteiger partial charge in [-0.05, 0) is 92.9 Å². The highest BCUT2D eigenvalue weighted by molar-refractivity contribution is 5.79. The van der Waals surface area contributed by atoms with Crippen LogP contribution in [0.3, 0.4) is 0 Å². The summed E-state index contributed by atoms with van der Waals surface area (Å²) < 4.78 is 11.3. The molecule has 3 rings (SSSR count). The van der Waals surface area contributed by atoms with Crippen molar-refractivity contribution in [2.24, 2.45) is 0 Å². The number of nitrogens with zero attached hydrogens (tertiary/aromatic N) is 2. The lowest BCUT2D eigenvalue weighted by molar-refractivity contribution is -0.725. The molecule has 10 nitrogen and oxygen atoms in total. The summed E-state index contributed by atoms with van der Waals surface area (Å²) in [4.78, 5) is 38.8. The van der Waals surface area contributed by atoms with Gasteiger partial charge < -0.3 is 30.0 Å². The Morgan fingerprint density at radius 2 is 1.45 bits per heavy atom. The van der Waals surface area contributed by atoms with E-state index < -0.39 is 35.4 Å². The molecule has 2 aliphatic rings. The number of alkyl carbamates (subject to hydrolysis) is 1. The van der Waals surface area contributed by atoms with Gasteiger partial charge in [-0.25, -0.2) is 19.1 Å². The summed E-state index contributed by atoms with van der Waals surface area (Å²) in [6.45, 7) is 10.1. The van der Waals surface area contributed by atoms with Gasteiger partial charge in [0, 0.05) is 12.6 Å². The molecule has 0 unspecified atom stereocenters. The first-order valence-electron chi connectivity index (χ1n) is 14.0. The first kappa shape index (κ1) is 31.6. The minimum Gasteiger partial charge on any atom is -0.548 e. The first-order valence-corrected chi connectivity index (χ1v) is 14.0. The van der Waals surface area contributed by atoms with Crippen molar-refractivity contribution in [2.45, 2.75) is 141 Å². The van der Waals surface area contributed by atoms with E-state index in [1.807, 2.05) is 0 Å². The van der Waals surface area contributed by atoms with Gasteiger partial charge in [0.05, 0.1) is 29.8 Å². The van der Waals surface area contributed by atoms with E-state index in [4.69, 9.17) is 9.47 Å². The number of aliphatic carboxylic acids is 1. The number of nitrogens with one attached hydrogen (secondary N) is 1. The van der Waals surface area contributed by atoms with Gasteiger partial charge in [0.2, 0.25) is 0 Å². The highest BCUT2D eigenvalue weighted by Gasteiger charge is 2.24. The number of amides is 1. The molecule has 0 radical (unpaired) electrons. The molecule has 1 atom stereocenters. The van der Waals surface area contributed by atoms with Crippen molar-refractivity contribution in [3.05, 3.63) is 18.2 Å². The minimum absolute atomic E-state index is 0.169. The lowest BCUT2D eigenvalue weighted by Crippen LogP contribution is -2.95. The van der Waals surface area contributed by atoms with E-state index in [-0.39, 0.29) is 12.1 Å². The van der Waals surface area contributed by atoms with Crippen LogP contribution in [0.2, 0.25) is 0 Å². The van der Waals surface area contributed by atoms with Gasteiger partial charge in [-0.1, -0.05) is 12.8 Å². The molecule has 216 valence electrons. The number of aromatic nitrogens is 2. The number of nitrogens with two attached hydrogens (primary N) is 1. The van der Waals surface area contributed by atoms with Crippen LogP contribution in [0.25, 0.3) is 0 Å². The Balaban J connectivity index is 0.000000323. The Labute approximate surface area is 227 Å². The number of carboxylic acid groups (broad SMARTS) is 1. The summed E-state index contributed by atoms with van der Waals surface area (Å²) in [5.74, 6) is -1.49. The maximum atomic E-state index is 11.9. The zero-order valence-electron chi connectivity index (χ0n) is 24.1. The molecule has 0 spiro atoms. The fraction of sp³-hybridized carbons (Fsp3) is 0.786. The summed E-state index contributed by atoms with van der Waals surface area (Å²) in [6, 6.07) is 0.644. The number of hydrogen-bond acceptors (Lipinski definition) is 7. The van der Waals surface area contributed by atoms with Crippen molar-refractivity contribution in [3.63, 3.8) is 0 Å². The third-order valence-electron chi connectivity index (χ3n) is 6.47. The second-order valence-corrected chi connectivity index (χ2v) is 12.5. The molecule has 1 aromatic rings. The van der Waals surface area contributed by atoms with Crippen LogP contribution in [0, 0.1) is 0 Å². The van der Waals surface area contributed by atoms with E-state index in [0.717, 1.165) is 16.7 Å². The molecule has 1 amide bonds. The van der Waals surface area contributed by atoms with Gasteiger partial charge in [0.25, 0.3) is 0 Å². The number of rotatable bonds is 6. The maximum absolute atomic E-state index is 11.9. The lowest BCUT2D eigenvalue weighted by atomic mass is 9.91. The molecule has 2 fully saturated rings. The van der Waals surface area contributed by atoms with Crippen molar-refractivity contribution in [1.82, 2.24) is 14.9 Å². The summed E-state index contributed by atoms with van der Waals surface area (Å²) in [5.41, 5.74) is -1.16. The van der Waals surface area contributed by atoms with E-state index in [1.54, 1.807) is 41.5 Å². The molecule has 1 heterocycles. The number of ether oxygens (including phenoxy) is 2. The Morgan fingerprint density at radius 3 is 1.89 bits per heavy atom. The van der Waals surface area contributed by atoms with Gasteiger partial charge in [0.1, 0.15) is 17.5 Å². The quantitative estimate of drug-likeness (QED) is 0.569. The molecule has 0 saturated heterocycles. The average Bonchev–Trinajstić information content (AvgIpc) is 3.27. The SMILES string of the molecule is C1CCC([NH2+]C2CCCCC2)CC1.CC(C)(C)OC(=O)N[C@@H](Cc1cn(C(=O)OC(C)(C)C)cn1)C(=O)[O-]. The molecule has 2 saturated carbocycles. The van der Waals surface area contributed by atoms with Crippen LogP contribution in [-0.4, -0.2) is 57.0 Å². The predicted molar refractivity (Wildman–Crippen MR) is 141 cm³/mol. The summed E-state index contributed by atoms with van der Waals surface area (Å²) in [5, 5.41) is 16.2. The average molecular weight is 537 g/mol. The van der Waals surface area contributed by atoms with Crippen LogP contribution in [0.4, 0.5) is 9.59 Å². The summed E-state index contributed by atoms with van der Waals surface area (Å²) >= 11 is 0. The van der Waals surface area contributed by atoms with Crippen molar-refractivity contribution in [1.29, 1.82) is 0 Å². The van der Waals surface area contributed by atoms with Crippen molar-refractivity contribution >= 4 is 18.2 Å². The van der Waals surface area contributed by atoms with E-state index >= 15 is 0 Å². The minimum atomic E-state index is -1.49. The highest BCUT2D eigenvalue weighted by atomic mass is 16.6. The van der Waals surface area contributed by atoms with E-state index in [9.17, 15) is 19.5 Å². The standard InChI is InChI=1S/C16H25N3O6.C12H23N/c1-15(2,3)24-13(22)18-11(12(20)21)7-10-8-19(9-17-10)14(23)25-16(4,5)6;1-3-7-11(8-4-1)13-12-9-5-2-6-10-12/h8-9,11H,7H2,1-6H3,(H,18,22)(H,20,21);11-13H,1-10H2/t11-;/m0./s1. The van der Waals surface area contributed by atoms with Gasteiger partial charge in [-0.3, -0.25) is 0 Å².